The lowest BCUT2D eigenvalue weighted by Crippen LogP contribution is -2.38. The summed E-state index contributed by atoms with van der Waals surface area (Å²) in [5.74, 6) is -2.54. The molecule has 2 aliphatic rings. The highest BCUT2D eigenvalue weighted by molar-refractivity contribution is 6.04. The summed E-state index contributed by atoms with van der Waals surface area (Å²) in [7, 11) is 0. The molecule has 0 unspecified atom stereocenters. The summed E-state index contributed by atoms with van der Waals surface area (Å²) < 4.78 is 41.2. The van der Waals surface area contributed by atoms with Gasteiger partial charge in [-0.05, 0) is 31.4 Å². The van der Waals surface area contributed by atoms with Gasteiger partial charge in [-0.25, -0.2) is 0 Å². The van der Waals surface area contributed by atoms with Crippen molar-refractivity contribution in [2.24, 2.45) is 0 Å². The van der Waals surface area contributed by atoms with Gasteiger partial charge in [0, 0.05) is 31.3 Å². The van der Waals surface area contributed by atoms with Crippen LogP contribution in [0.5, 0.6) is 5.75 Å². The minimum absolute atomic E-state index is 0.00514. The molecule has 2 amide bonds. The van der Waals surface area contributed by atoms with Crippen LogP contribution in [0.2, 0.25) is 0 Å². The maximum atomic E-state index is 12.9. The number of aromatic amines is 1. The Morgan fingerprint density at radius 1 is 1.19 bits per heavy atom. The lowest BCUT2D eigenvalue weighted by Gasteiger charge is -2.29. The third kappa shape index (κ3) is 4.84. The third-order valence-corrected chi connectivity index (χ3v) is 5.25. The molecule has 0 radical (unpaired) electrons. The number of fused-ring (bicyclic) bond motifs is 1. The van der Waals surface area contributed by atoms with E-state index in [0.717, 1.165) is 44.5 Å². The number of anilines is 3. The van der Waals surface area contributed by atoms with Gasteiger partial charge in [0.25, 0.3) is 5.56 Å². The fraction of sp³-hybridized carbons (Fsp3) is 0.400. The molecule has 2 aromatic rings. The average Bonchev–Trinajstić information content (AvgIpc) is 2.72. The highest BCUT2D eigenvalue weighted by Crippen LogP contribution is 2.31. The quantitative estimate of drug-likeness (QED) is 0.658. The zero-order valence-electron chi connectivity index (χ0n) is 16.8. The van der Waals surface area contributed by atoms with Gasteiger partial charge in [0.1, 0.15) is 11.6 Å². The maximum Gasteiger partial charge on any atom is 0.573 e. The molecular formula is C20H20F3N5O4. The fourth-order valence-corrected chi connectivity index (χ4v) is 3.84. The van der Waals surface area contributed by atoms with Gasteiger partial charge < -0.3 is 20.3 Å². The standard InChI is InChI=1S/C20H20F3N5O4/c21-20(22,23)32-12-6-4-5-11(9-12)24-17(30)13-10-14(29)25-16-15(13)18(31)27-19(26-16)28-7-2-1-3-8-28/h4-6,9,13H,1-3,7-8,10H2,(H,24,30)(H2,25,26,27,29,31)/t13-/m0/s1. The number of amides is 2. The number of carbonyl (C=O) groups excluding carboxylic acids is 2. The molecule has 4 rings (SSSR count). The van der Waals surface area contributed by atoms with E-state index in [1.165, 1.54) is 12.1 Å². The topological polar surface area (TPSA) is 116 Å². The predicted molar refractivity (Wildman–Crippen MR) is 109 cm³/mol. The number of hydrogen-bond acceptors (Lipinski definition) is 6. The van der Waals surface area contributed by atoms with Crippen molar-refractivity contribution in [1.29, 1.82) is 0 Å². The van der Waals surface area contributed by atoms with Crippen molar-refractivity contribution in [2.45, 2.75) is 38.0 Å². The number of alkyl halides is 3. The van der Waals surface area contributed by atoms with Crippen LogP contribution in [-0.2, 0) is 9.59 Å². The molecule has 3 heterocycles. The molecule has 1 fully saturated rings. The van der Waals surface area contributed by atoms with Gasteiger partial charge in [-0.15, -0.1) is 13.2 Å². The highest BCUT2D eigenvalue weighted by atomic mass is 19.4. The van der Waals surface area contributed by atoms with Crippen LogP contribution in [0.25, 0.3) is 0 Å². The van der Waals surface area contributed by atoms with Gasteiger partial charge in [0.15, 0.2) is 0 Å². The summed E-state index contributed by atoms with van der Waals surface area (Å²) in [6, 6.07) is 4.73. The summed E-state index contributed by atoms with van der Waals surface area (Å²) >= 11 is 0. The molecule has 0 spiro atoms. The number of carbonyl (C=O) groups is 2. The zero-order chi connectivity index (χ0) is 22.9. The number of halogens is 3. The molecule has 1 aromatic heterocycles. The normalized spacial score (nSPS) is 18.5. The van der Waals surface area contributed by atoms with Crippen molar-refractivity contribution in [3.63, 3.8) is 0 Å². The van der Waals surface area contributed by atoms with E-state index in [-0.39, 0.29) is 23.5 Å². The molecule has 1 saturated heterocycles. The van der Waals surface area contributed by atoms with E-state index in [1.54, 1.807) is 0 Å². The van der Waals surface area contributed by atoms with Crippen LogP contribution in [0, 0.1) is 0 Å². The van der Waals surface area contributed by atoms with Gasteiger partial charge in [0.05, 0.1) is 11.5 Å². The number of benzene rings is 1. The van der Waals surface area contributed by atoms with Crippen molar-refractivity contribution >= 4 is 29.3 Å². The summed E-state index contributed by atoms with van der Waals surface area (Å²) in [5.41, 5.74) is -0.519. The average molecular weight is 451 g/mol. The van der Waals surface area contributed by atoms with E-state index in [4.69, 9.17) is 0 Å². The first-order valence-corrected chi connectivity index (χ1v) is 10.1. The number of piperidine rings is 1. The van der Waals surface area contributed by atoms with Gasteiger partial charge in [-0.2, -0.15) is 4.98 Å². The van der Waals surface area contributed by atoms with E-state index in [1.807, 2.05) is 4.90 Å². The second kappa shape index (κ2) is 8.52. The molecule has 9 nitrogen and oxygen atoms in total. The molecule has 3 N–H and O–H groups in total. The Kier molecular flexibility index (Phi) is 5.76. The van der Waals surface area contributed by atoms with E-state index in [2.05, 4.69) is 25.3 Å². The number of nitrogens with one attached hydrogen (secondary N) is 3. The first-order valence-electron chi connectivity index (χ1n) is 10.1. The SMILES string of the molecule is O=C1C[C@H](C(=O)Nc2cccc(OC(F)(F)F)c2)c2c(nc(N3CCCCC3)[nH]c2=O)N1. The fourth-order valence-electron chi connectivity index (χ4n) is 3.84. The van der Waals surface area contributed by atoms with Gasteiger partial charge in [-0.3, -0.25) is 19.4 Å². The van der Waals surface area contributed by atoms with Crippen LogP contribution in [-0.4, -0.2) is 41.2 Å². The number of nitrogens with zero attached hydrogens (tertiary/aromatic N) is 2. The Morgan fingerprint density at radius 3 is 2.66 bits per heavy atom. The number of H-pyrrole nitrogens is 1. The first kappa shape index (κ1) is 21.7. The molecule has 32 heavy (non-hydrogen) atoms. The Bertz CT molecular complexity index is 1100. The van der Waals surface area contributed by atoms with Gasteiger partial charge in [-0.1, -0.05) is 6.07 Å². The van der Waals surface area contributed by atoms with Crippen LogP contribution in [0.4, 0.5) is 30.6 Å². The summed E-state index contributed by atoms with van der Waals surface area (Å²) in [5, 5.41) is 4.99. The van der Waals surface area contributed by atoms with Crippen molar-refractivity contribution < 1.29 is 27.5 Å². The Balaban J connectivity index is 1.59. The third-order valence-electron chi connectivity index (χ3n) is 5.25. The molecule has 0 aliphatic carbocycles. The van der Waals surface area contributed by atoms with Crippen LogP contribution in [0.3, 0.4) is 0 Å². The lowest BCUT2D eigenvalue weighted by molar-refractivity contribution is -0.274. The molecule has 12 heteroatoms. The van der Waals surface area contributed by atoms with Crippen molar-refractivity contribution in [3.8, 4) is 5.75 Å². The van der Waals surface area contributed by atoms with E-state index in [0.29, 0.717) is 5.95 Å². The maximum absolute atomic E-state index is 12.9. The van der Waals surface area contributed by atoms with Crippen molar-refractivity contribution in [3.05, 3.63) is 40.2 Å². The van der Waals surface area contributed by atoms with Gasteiger partial charge in [0.2, 0.25) is 17.8 Å². The number of hydrogen-bond donors (Lipinski definition) is 3. The van der Waals surface area contributed by atoms with Crippen LogP contribution in [0.1, 0.15) is 37.2 Å². The van der Waals surface area contributed by atoms with Gasteiger partial charge >= 0.3 is 6.36 Å². The molecule has 0 bridgehead atoms. The molecule has 0 saturated carbocycles. The minimum atomic E-state index is -4.88. The Morgan fingerprint density at radius 2 is 1.94 bits per heavy atom. The predicted octanol–water partition coefficient (Wildman–Crippen LogP) is 2.72. The van der Waals surface area contributed by atoms with E-state index >= 15 is 0 Å². The first-order chi connectivity index (χ1) is 15.2. The van der Waals surface area contributed by atoms with E-state index < -0.39 is 35.4 Å². The Hall–Kier alpha value is -3.57. The second-order valence-electron chi connectivity index (χ2n) is 7.57. The molecular weight excluding hydrogens is 431 g/mol. The second-order valence-corrected chi connectivity index (χ2v) is 7.57. The number of aromatic nitrogens is 2. The molecule has 2 aliphatic heterocycles. The van der Waals surface area contributed by atoms with Crippen LogP contribution in [0.15, 0.2) is 29.1 Å². The van der Waals surface area contributed by atoms with Crippen LogP contribution < -0.4 is 25.8 Å². The number of ether oxygens (including phenoxy) is 1. The van der Waals surface area contributed by atoms with E-state index in [9.17, 15) is 27.6 Å². The minimum Gasteiger partial charge on any atom is -0.406 e. The van der Waals surface area contributed by atoms with Crippen molar-refractivity contribution in [1.82, 2.24) is 9.97 Å². The molecule has 1 atom stereocenters. The Labute approximate surface area is 180 Å². The lowest BCUT2D eigenvalue weighted by atomic mass is 9.92. The summed E-state index contributed by atoms with van der Waals surface area (Å²) in [4.78, 5) is 46.8. The van der Waals surface area contributed by atoms with Crippen molar-refractivity contribution in [2.75, 3.05) is 28.6 Å². The largest absolute Gasteiger partial charge is 0.573 e. The molecule has 1 aromatic carbocycles. The highest BCUT2D eigenvalue weighted by Gasteiger charge is 2.35. The monoisotopic (exact) mass is 451 g/mol. The summed E-state index contributed by atoms with van der Waals surface area (Å²) in [6.07, 6.45) is -2.19. The zero-order valence-corrected chi connectivity index (χ0v) is 16.8. The van der Waals surface area contributed by atoms with Crippen LogP contribution >= 0.6 is 0 Å². The molecule has 170 valence electrons. The summed E-state index contributed by atoms with van der Waals surface area (Å²) in [6.45, 7) is 1.44. The smallest absolute Gasteiger partial charge is 0.406 e. The number of rotatable bonds is 4.